The number of halogens is 2. The number of likely N-dealkylation sites (N-methyl/N-ethyl adjacent to an activating group) is 1. The maximum Gasteiger partial charge on any atom is 0.242 e. The highest BCUT2D eigenvalue weighted by Crippen LogP contribution is 2.41. The maximum atomic E-state index is 12.1. The molecular formula is C20H31BrClN3OSi. The van der Waals surface area contributed by atoms with Crippen molar-refractivity contribution in [2.75, 3.05) is 12.4 Å². The fraction of sp³-hybridized carbons (Fsp3) is 0.600. The predicted octanol–water partition coefficient (Wildman–Crippen LogP) is 5.61. The van der Waals surface area contributed by atoms with Gasteiger partial charge in [-0.1, -0.05) is 59.1 Å². The van der Waals surface area contributed by atoms with Crippen LogP contribution in [0.2, 0.25) is 21.6 Å². The van der Waals surface area contributed by atoms with Gasteiger partial charge in [0.25, 0.3) is 0 Å². The molecule has 150 valence electrons. The number of anilines is 1. The lowest BCUT2D eigenvalue weighted by atomic mass is 10.3. The van der Waals surface area contributed by atoms with Crippen LogP contribution < -0.4 is 10.6 Å². The number of pyridine rings is 1. The first-order valence-electron chi connectivity index (χ1n) is 9.34. The summed E-state index contributed by atoms with van der Waals surface area (Å²) in [6.45, 7) is 15.4. The first kappa shape index (κ1) is 24.2. The summed E-state index contributed by atoms with van der Waals surface area (Å²) < 4.78 is 0.668. The molecule has 1 unspecified atom stereocenters. The van der Waals surface area contributed by atoms with Gasteiger partial charge in [0.05, 0.1) is 11.1 Å². The van der Waals surface area contributed by atoms with E-state index in [1.54, 1.807) is 20.0 Å². The van der Waals surface area contributed by atoms with Crippen LogP contribution in [0.15, 0.2) is 10.5 Å². The first-order valence-corrected chi connectivity index (χ1v) is 12.7. The normalized spacial score (nSPS) is 12.9. The zero-order valence-electron chi connectivity index (χ0n) is 17.5. The summed E-state index contributed by atoms with van der Waals surface area (Å²) in [6, 6.07) is 1.38. The molecule has 0 saturated heterocycles. The Morgan fingerprint density at radius 3 is 2.11 bits per heavy atom. The van der Waals surface area contributed by atoms with Gasteiger partial charge in [-0.15, -0.1) is 5.54 Å². The molecule has 0 aliphatic carbocycles. The second-order valence-electron chi connectivity index (χ2n) is 7.80. The van der Waals surface area contributed by atoms with E-state index in [2.05, 4.69) is 84.6 Å². The van der Waals surface area contributed by atoms with Crippen LogP contribution in [-0.4, -0.2) is 32.1 Å². The fourth-order valence-corrected chi connectivity index (χ4v) is 9.36. The molecule has 0 fully saturated rings. The van der Waals surface area contributed by atoms with E-state index in [-0.39, 0.29) is 11.9 Å². The lowest BCUT2D eigenvalue weighted by Crippen LogP contribution is -2.43. The number of carbonyl (C=O) groups is 1. The zero-order valence-corrected chi connectivity index (χ0v) is 20.8. The van der Waals surface area contributed by atoms with Crippen LogP contribution in [0.5, 0.6) is 0 Å². The Bertz CT molecular complexity index is 719. The molecule has 7 heteroatoms. The van der Waals surface area contributed by atoms with E-state index < -0.39 is 8.07 Å². The minimum Gasteiger partial charge on any atom is -0.309 e. The van der Waals surface area contributed by atoms with Crippen molar-refractivity contribution in [1.82, 2.24) is 10.3 Å². The molecule has 1 aromatic rings. The predicted molar refractivity (Wildman–Crippen MR) is 122 cm³/mol. The van der Waals surface area contributed by atoms with Crippen molar-refractivity contribution in [3.63, 3.8) is 0 Å². The Balaban J connectivity index is 3.39. The van der Waals surface area contributed by atoms with Gasteiger partial charge < -0.3 is 10.6 Å². The SMILES string of the molecule is CNC(C)C(=O)Nc1cc(Br)c(Cl)c(C#C[Si](C(C)C)(C(C)C)C(C)C)n1. The van der Waals surface area contributed by atoms with Gasteiger partial charge in [0.1, 0.15) is 19.6 Å². The number of carbonyl (C=O) groups excluding carboxylic acids is 1. The molecule has 0 aliphatic rings. The number of nitrogens with one attached hydrogen (secondary N) is 2. The summed E-state index contributed by atoms with van der Waals surface area (Å²) in [5.41, 5.74) is 5.68. The maximum absolute atomic E-state index is 12.1. The molecule has 27 heavy (non-hydrogen) atoms. The Morgan fingerprint density at radius 2 is 1.67 bits per heavy atom. The lowest BCUT2D eigenvalue weighted by Gasteiger charge is -2.38. The second kappa shape index (κ2) is 10.1. The topological polar surface area (TPSA) is 54.0 Å². The van der Waals surface area contributed by atoms with Crippen molar-refractivity contribution < 1.29 is 4.79 Å². The summed E-state index contributed by atoms with van der Waals surface area (Å²) in [7, 11) is -0.160. The standard InChI is InChI=1S/C20H31BrClN3OSi/c1-12(2)27(13(3)4,14(5)6)10-9-17-19(22)16(21)11-18(24-17)25-20(26)15(7)23-8/h11-15,23H,1-8H3,(H,24,25,26). The quantitative estimate of drug-likeness (QED) is 0.418. The van der Waals surface area contributed by atoms with E-state index >= 15 is 0 Å². The lowest BCUT2D eigenvalue weighted by molar-refractivity contribution is -0.117. The third-order valence-corrected chi connectivity index (χ3v) is 12.8. The van der Waals surface area contributed by atoms with Crippen molar-refractivity contribution in [2.45, 2.75) is 71.1 Å². The highest BCUT2D eigenvalue weighted by molar-refractivity contribution is 9.10. The molecule has 0 aromatic carbocycles. The molecule has 4 nitrogen and oxygen atoms in total. The van der Waals surface area contributed by atoms with Gasteiger partial charge in [0.15, 0.2) is 0 Å². The number of aromatic nitrogens is 1. The van der Waals surface area contributed by atoms with E-state index in [0.29, 0.717) is 37.6 Å². The number of amides is 1. The number of hydrogen-bond donors (Lipinski definition) is 2. The van der Waals surface area contributed by atoms with Crippen LogP contribution in [0.4, 0.5) is 5.82 Å². The van der Waals surface area contributed by atoms with Crippen LogP contribution in [0.25, 0.3) is 0 Å². The highest BCUT2D eigenvalue weighted by atomic mass is 79.9. The molecule has 1 rings (SSSR count). The van der Waals surface area contributed by atoms with Gasteiger partial charge in [-0.25, -0.2) is 4.98 Å². The smallest absolute Gasteiger partial charge is 0.242 e. The first-order chi connectivity index (χ1) is 12.5. The molecule has 0 saturated carbocycles. The van der Waals surface area contributed by atoms with Gasteiger partial charge in [0.2, 0.25) is 5.91 Å². The summed E-state index contributed by atoms with van der Waals surface area (Å²) in [5.74, 6) is 3.55. The Kier molecular flexibility index (Phi) is 9.01. The number of nitrogens with zero attached hydrogens (tertiary/aromatic N) is 1. The Hall–Kier alpha value is -0.873. The van der Waals surface area contributed by atoms with Gasteiger partial charge in [0, 0.05) is 4.47 Å². The largest absolute Gasteiger partial charge is 0.309 e. The molecule has 1 aromatic heterocycles. The second-order valence-corrected chi connectivity index (χ2v) is 14.6. The Morgan fingerprint density at radius 1 is 1.15 bits per heavy atom. The van der Waals surface area contributed by atoms with Crippen molar-refractivity contribution >= 4 is 47.3 Å². The van der Waals surface area contributed by atoms with Crippen molar-refractivity contribution in [3.05, 3.63) is 21.3 Å². The van der Waals surface area contributed by atoms with Crippen molar-refractivity contribution in [3.8, 4) is 11.5 Å². The third-order valence-electron chi connectivity index (χ3n) is 5.25. The third kappa shape index (κ3) is 5.57. The highest BCUT2D eigenvalue weighted by Gasteiger charge is 2.41. The minimum absolute atomic E-state index is 0.159. The molecule has 0 bridgehead atoms. The molecular weight excluding hydrogens is 442 g/mol. The van der Waals surface area contributed by atoms with Crippen LogP contribution in [0.1, 0.15) is 54.2 Å². The monoisotopic (exact) mass is 471 g/mol. The van der Waals surface area contributed by atoms with E-state index in [1.807, 2.05) is 0 Å². The van der Waals surface area contributed by atoms with Gasteiger partial charge >= 0.3 is 0 Å². The molecule has 0 aliphatic heterocycles. The molecule has 0 radical (unpaired) electrons. The fourth-order valence-electron chi connectivity index (χ4n) is 3.61. The summed E-state index contributed by atoms with van der Waals surface area (Å²) in [5, 5.41) is 6.19. The molecule has 1 atom stereocenters. The number of rotatable bonds is 6. The number of hydrogen-bond acceptors (Lipinski definition) is 3. The molecule has 2 N–H and O–H groups in total. The molecule has 1 amide bonds. The van der Waals surface area contributed by atoms with E-state index in [1.165, 1.54) is 0 Å². The summed E-state index contributed by atoms with van der Waals surface area (Å²) in [4.78, 5) is 16.6. The van der Waals surface area contributed by atoms with Gasteiger partial charge in [-0.05, 0) is 52.6 Å². The minimum atomic E-state index is -1.90. The van der Waals surface area contributed by atoms with E-state index in [9.17, 15) is 4.79 Å². The van der Waals surface area contributed by atoms with Crippen LogP contribution in [0, 0.1) is 11.5 Å². The van der Waals surface area contributed by atoms with Gasteiger partial charge in [-0.3, -0.25) is 4.79 Å². The van der Waals surface area contributed by atoms with E-state index in [0.717, 1.165) is 0 Å². The molecule has 0 spiro atoms. The Labute approximate surface area is 178 Å². The van der Waals surface area contributed by atoms with Crippen LogP contribution >= 0.6 is 27.5 Å². The average Bonchev–Trinajstić information content (AvgIpc) is 2.57. The van der Waals surface area contributed by atoms with Gasteiger partial charge in [-0.2, -0.15) is 0 Å². The van der Waals surface area contributed by atoms with E-state index in [4.69, 9.17) is 11.6 Å². The summed E-state index contributed by atoms with van der Waals surface area (Å²) >= 11 is 9.89. The van der Waals surface area contributed by atoms with Crippen molar-refractivity contribution in [2.24, 2.45) is 0 Å². The average molecular weight is 473 g/mol. The summed E-state index contributed by atoms with van der Waals surface area (Å²) in [6.07, 6.45) is 0. The van der Waals surface area contributed by atoms with Crippen LogP contribution in [0.3, 0.4) is 0 Å². The van der Waals surface area contributed by atoms with Crippen LogP contribution in [-0.2, 0) is 4.79 Å². The zero-order chi connectivity index (χ0) is 20.9. The molecule has 1 heterocycles. The van der Waals surface area contributed by atoms with Crippen molar-refractivity contribution in [1.29, 1.82) is 0 Å².